The molecule has 2 aliphatic rings. The molecule has 2 unspecified atom stereocenters. The van der Waals surface area contributed by atoms with Crippen LogP contribution in [0, 0.1) is 0 Å². The van der Waals surface area contributed by atoms with E-state index in [4.69, 9.17) is 0 Å². The molecule has 2 amide bonds. The molecule has 2 saturated heterocycles. The van der Waals surface area contributed by atoms with Crippen molar-refractivity contribution >= 4 is 17.4 Å². The van der Waals surface area contributed by atoms with Crippen molar-refractivity contribution in [1.29, 1.82) is 0 Å². The summed E-state index contributed by atoms with van der Waals surface area (Å²) in [6, 6.07) is 21.3. The van der Waals surface area contributed by atoms with Gasteiger partial charge in [-0.1, -0.05) is 36.4 Å². The van der Waals surface area contributed by atoms with E-state index in [1.165, 1.54) is 0 Å². The molecule has 5 nitrogen and oxygen atoms in total. The van der Waals surface area contributed by atoms with E-state index >= 15 is 0 Å². The second-order valence-electron chi connectivity index (χ2n) is 7.17. The van der Waals surface area contributed by atoms with Crippen molar-refractivity contribution in [2.45, 2.75) is 24.9 Å². The summed E-state index contributed by atoms with van der Waals surface area (Å²) in [5.74, 6) is 0. The molecule has 2 atom stereocenters. The van der Waals surface area contributed by atoms with Crippen molar-refractivity contribution in [3.63, 3.8) is 0 Å². The first-order chi connectivity index (χ1) is 12.8. The van der Waals surface area contributed by atoms with E-state index in [0.29, 0.717) is 12.1 Å². The number of hydrogen-bond acceptors (Lipinski definition) is 3. The van der Waals surface area contributed by atoms with Gasteiger partial charge in [0.1, 0.15) is 0 Å². The average Bonchev–Trinajstić information content (AvgIpc) is 3.33. The summed E-state index contributed by atoms with van der Waals surface area (Å²) in [6.07, 6.45) is 2.00. The van der Waals surface area contributed by atoms with Crippen LogP contribution in [0.3, 0.4) is 0 Å². The number of likely N-dealkylation sites (tertiary alicyclic amines) is 2. The lowest BCUT2D eigenvalue weighted by Crippen LogP contribution is -2.42. The van der Waals surface area contributed by atoms with Gasteiger partial charge in [0.15, 0.2) is 0 Å². The molecule has 0 spiro atoms. The SMILES string of the molecule is O=C(N1CCC(Nc2ccccc2)C1)N1CCC(Nc2ccccc2)C1. The van der Waals surface area contributed by atoms with Gasteiger partial charge < -0.3 is 20.4 Å². The summed E-state index contributed by atoms with van der Waals surface area (Å²) in [5.41, 5.74) is 2.25. The number of anilines is 2. The zero-order valence-corrected chi connectivity index (χ0v) is 15.0. The number of carbonyl (C=O) groups excluding carboxylic acids is 1. The summed E-state index contributed by atoms with van der Waals surface area (Å²) in [7, 11) is 0. The zero-order valence-electron chi connectivity index (χ0n) is 15.0. The topological polar surface area (TPSA) is 47.6 Å². The van der Waals surface area contributed by atoms with Crippen LogP contribution in [0.1, 0.15) is 12.8 Å². The molecule has 4 rings (SSSR count). The molecule has 2 N–H and O–H groups in total. The van der Waals surface area contributed by atoms with E-state index in [9.17, 15) is 4.79 Å². The van der Waals surface area contributed by atoms with Gasteiger partial charge in [-0.15, -0.1) is 0 Å². The largest absolute Gasteiger partial charge is 0.380 e. The van der Waals surface area contributed by atoms with Gasteiger partial charge in [0.05, 0.1) is 0 Å². The van der Waals surface area contributed by atoms with Crippen LogP contribution < -0.4 is 10.6 Å². The summed E-state index contributed by atoms with van der Waals surface area (Å²) in [4.78, 5) is 16.8. The van der Waals surface area contributed by atoms with Gasteiger partial charge in [-0.05, 0) is 37.1 Å². The van der Waals surface area contributed by atoms with Crippen LogP contribution in [0.15, 0.2) is 60.7 Å². The molecule has 0 saturated carbocycles. The highest BCUT2D eigenvalue weighted by molar-refractivity contribution is 5.75. The van der Waals surface area contributed by atoms with E-state index in [1.807, 2.05) is 46.2 Å². The fraction of sp³-hybridized carbons (Fsp3) is 0.381. The highest BCUT2D eigenvalue weighted by Crippen LogP contribution is 2.21. The first-order valence-electron chi connectivity index (χ1n) is 9.45. The Morgan fingerprint density at radius 1 is 0.731 bits per heavy atom. The van der Waals surface area contributed by atoms with E-state index in [1.54, 1.807) is 0 Å². The Morgan fingerprint density at radius 2 is 1.15 bits per heavy atom. The van der Waals surface area contributed by atoms with Crippen LogP contribution in [0.5, 0.6) is 0 Å². The number of nitrogens with zero attached hydrogens (tertiary/aromatic N) is 2. The van der Waals surface area contributed by atoms with Crippen LogP contribution >= 0.6 is 0 Å². The summed E-state index contributed by atoms with van der Waals surface area (Å²) >= 11 is 0. The lowest BCUT2D eigenvalue weighted by molar-refractivity contribution is 0.172. The van der Waals surface area contributed by atoms with Gasteiger partial charge in [0, 0.05) is 49.6 Å². The number of urea groups is 1. The number of hydrogen-bond donors (Lipinski definition) is 2. The zero-order chi connectivity index (χ0) is 17.8. The molecule has 26 heavy (non-hydrogen) atoms. The van der Waals surface area contributed by atoms with E-state index in [0.717, 1.165) is 50.4 Å². The number of nitrogens with one attached hydrogen (secondary N) is 2. The maximum Gasteiger partial charge on any atom is 0.320 e. The summed E-state index contributed by atoms with van der Waals surface area (Å²) in [5, 5.41) is 7.07. The number of para-hydroxylation sites is 2. The highest BCUT2D eigenvalue weighted by Gasteiger charge is 2.33. The van der Waals surface area contributed by atoms with E-state index in [-0.39, 0.29) is 6.03 Å². The normalized spacial score (nSPS) is 22.5. The minimum Gasteiger partial charge on any atom is -0.380 e. The molecular weight excluding hydrogens is 324 g/mol. The van der Waals surface area contributed by atoms with Crippen molar-refractivity contribution in [2.24, 2.45) is 0 Å². The Bertz CT molecular complexity index is 660. The second kappa shape index (κ2) is 7.68. The molecule has 2 aromatic rings. The average molecular weight is 350 g/mol. The predicted molar refractivity (Wildman–Crippen MR) is 105 cm³/mol. The molecule has 0 bridgehead atoms. The summed E-state index contributed by atoms with van der Waals surface area (Å²) < 4.78 is 0. The Balaban J connectivity index is 1.27. The quantitative estimate of drug-likeness (QED) is 0.887. The minimum atomic E-state index is 0.180. The third kappa shape index (κ3) is 3.93. The molecule has 2 heterocycles. The monoisotopic (exact) mass is 350 g/mol. The molecule has 2 aromatic carbocycles. The van der Waals surface area contributed by atoms with Gasteiger partial charge in [0.25, 0.3) is 0 Å². The summed E-state index contributed by atoms with van der Waals surface area (Å²) in [6.45, 7) is 3.22. The van der Waals surface area contributed by atoms with E-state index in [2.05, 4.69) is 34.9 Å². The maximum atomic E-state index is 12.8. The first kappa shape index (κ1) is 16.8. The van der Waals surface area contributed by atoms with Crippen LogP contribution in [-0.4, -0.2) is 54.1 Å². The molecular formula is C21H26N4O. The molecule has 0 aliphatic carbocycles. The number of rotatable bonds is 4. The highest BCUT2D eigenvalue weighted by atomic mass is 16.2. The van der Waals surface area contributed by atoms with Crippen LogP contribution in [0.25, 0.3) is 0 Å². The Morgan fingerprint density at radius 3 is 1.58 bits per heavy atom. The van der Waals surface area contributed by atoms with Crippen molar-refractivity contribution in [1.82, 2.24) is 9.80 Å². The first-order valence-corrected chi connectivity index (χ1v) is 9.45. The second-order valence-corrected chi connectivity index (χ2v) is 7.17. The van der Waals surface area contributed by atoms with Gasteiger partial charge in [-0.25, -0.2) is 4.79 Å². The van der Waals surface area contributed by atoms with Gasteiger partial charge in [-0.3, -0.25) is 0 Å². The molecule has 0 radical (unpaired) electrons. The van der Waals surface area contributed by atoms with Crippen molar-refractivity contribution in [3.05, 3.63) is 60.7 Å². The van der Waals surface area contributed by atoms with Crippen molar-refractivity contribution in [3.8, 4) is 0 Å². The third-order valence-electron chi connectivity index (χ3n) is 5.21. The van der Waals surface area contributed by atoms with Gasteiger partial charge >= 0.3 is 6.03 Å². The molecule has 0 aromatic heterocycles. The smallest absolute Gasteiger partial charge is 0.320 e. The Hall–Kier alpha value is -2.69. The fourth-order valence-corrected chi connectivity index (χ4v) is 3.84. The van der Waals surface area contributed by atoms with E-state index < -0.39 is 0 Å². The Labute approximate surface area is 155 Å². The Kier molecular flexibility index (Phi) is 4.95. The molecule has 5 heteroatoms. The molecule has 136 valence electrons. The lowest BCUT2D eigenvalue weighted by Gasteiger charge is -2.25. The molecule has 2 fully saturated rings. The number of benzene rings is 2. The lowest BCUT2D eigenvalue weighted by atomic mass is 10.2. The minimum absolute atomic E-state index is 0.180. The predicted octanol–water partition coefficient (Wildman–Crippen LogP) is 3.48. The number of carbonyl (C=O) groups is 1. The third-order valence-corrected chi connectivity index (χ3v) is 5.21. The van der Waals surface area contributed by atoms with Crippen LogP contribution in [0.4, 0.5) is 16.2 Å². The van der Waals surface area contributed by atoms with Crippen molar-refractivity contribution < 1.29 is 4.79 Å². The van der Waals surface area contributed by atoms with Crippen molar-refractivity contribution in [2.75, 3.05) is 36.8 Å². The van der Waals surface area contributed by atoms with Crippen LogP contribution in [-0.2, 0) is 0 Å². The molecule has 2 aliphatic heterocycles. The number of amides is 2. The maximum absolute atomic E-state index is 12.8. The fourth-order valence-electron chi connectivity index (χ4n) is 3.84. The van der Waals surface area contributed by atoms with Gasteiger partial charge in [0.2, 0.25) is 0 Å². The van der Waals surface area contributed by atoms with Gasteiger partial charge in [-0.2, -0.15) is 0 Å². The van der Waals surface area contributed by atoms with Crippen LogP contribution in [0.2, 0.25) is 0 Å². The standard InChI is InChI=1S/C21H26N4O/c26-21(24-13-11-19(15-24)22-17-7-3-1-4-8-17)25-14-12-20(16-25)23-18-9-5-2-6-10-18/h1-10,19-20,22-23H,11-16H2.